The molecule has 1 aliphatic heterocycles. The highest BCUT2D eigenvalue weighted by molar-refractivity contribution is 7.90. The van der Waals surface area contributed by atoms with Crippen molar-refractivity contribution in [2.45, 2.75) is 44.2 Å². The number of sulfone groups is 1. The van der Waals surface area contributed by atoms with Crippen molar-refractivity contribution in [3.8, 4) is 5.75 Å². The largest absolute Gasteiger partial charge is 0.488 e. The third-order valence-corrected chi connectivity index (χ3v) is 6.69. The van der Waals surface area contributed by atoms with Crippen LogP contribution in [0, 0.1) is 0 Å². The molecule has 1 aliphatic rings. The zero-order valence-corrected chi connectivity index (χ0v) is 18.6. The monoisotopic (exact) mass is 437 g/mol. The summed E-state index contributed by atoms with van der Waals surface area (Å²) in [5.74, 6) is 0.357. The summed E-state index contributed by atoms with van der Waals surface area (Å²) in [5, 5.41) is 9.63. The number of nitrogens with zero attached hydrogens (tertiary/aromatic N) is 1. The summed E-state index contributed by atoms with van der Waals surface area (Å²) in [6.07, 6.45) is 0.685. The van der Waals surface area contributed by atoms with Crippen molar-refractivity contribution in [3.63, 3.8) is 0 Å². The number of aliphatic hydroxyl groups excluding tert-OH is 1. The van der Waals surface area contributed by atoms with Crippen molar-refractivity contribution in [1.82, 2.24) is 4.90 Å². The van der Waals surface area contributed by atoms with E-state index in [4.69, 9.17) is 4.74 Å². The summed E-state index contributed by atoms with van der Waals surface area (Å²) in [4.78, 5) is 2.51. The van der Waals surface area contributed by atoms with Crippen LogP contribution in [0.25, 0.3) is 0 Å². The van der Waals surface area contributed by atoms with E-state index in [2.05, 4.69) is 17.0 Å². The first-order valence-electron chi connectivity index (χ1n) is 10.3. The van der Waals surface area contributed by atoms with Gasteiger partial charge in [0, 0.05) is 25.9 Å². The second-order valence-corrected chi connectivity index (χ2v) is 10.2. The lowest BCUT2D eigenvalue weighted by Crippen LogP contribution is -2.16. The van der Waals surface area contributed by atoms with Gasteiger partial charge in [-0.15, -0.1) is 0 Å². The lowest BCUT2D eigenvalue weighted by Gasteiger charge is -2.17. The van der Waals surface area contributed by atoms with Gasteiger partial charge in [-0.2, -0.15) is 0 Å². The Morgan fingerprint density at radius 2 is 1.58 bits per heavy atom. The Hall–Kier alpha value is -2.67. The average Bonchev–Trinajstić information content (AvgIpc) is 3.14. The van der Waals surface area contributed by atoms with E-state index in [0.717, 1.165) is 29.8 Å². The molecule has 0 aromatic heterocycles. The van der Waals surface area contributed by atoms with Gasteiger partial charge < -0.3 is 9.84 Å². The maximum Gasteiger partial charge on any atom is 0.179 e. The molecule has 1 unspecified atom stereocenters. The Bertz CT molecular complexity index is 1150. The smallest absolute Gasteiger partial charge is 0.179 e. The van der Waals surface area contributed by atoms with E-state index >= 15 is 0 Å². The van der Waals surface area contributed by atoms with Crippen molar-refractivity contribution in [1.29, 1.82) is 0 Å². The van der Waals surface area contributed by atoms with Crippen LogP contribution in [0.15, 0.2) is 71.6 Å². The summed E-state index contributed by atoms with van der Waals surface area (Å²) in [5.41, 5.74) is 5.33. The Labute approximate surface area is 183 Å². The average molecular weight is 438 g/mol. The first-order valence-corrected chi connectivity index (χ1v) is 12.2. The first-order chi connectivity index (χ1) is 14.8. The van der Waals surface area contributed by atoms with Gasteiger partial charge in [-0.1, -0.05) is 54.6 Å². The second-order valence-electron chi connectivity index (χ2n) is 8.17. The van der Waals surface area contributed by atoms with Crippen LogP contribution in [0.3, 0.4) is 0 Å². The van der Waals surface area contributed by atoms with Crippen molar-refractivity contribution in [3.05, 3.63) is 94.5 Å². The molecule has 31 heavy (non-hydrogen) atoms. The Balaban J connectivity index is 1.48. The molecule has 0 amide bonds. The molecule has 6 heteroatoms. The number of hydrogen-bond donors (Lipinski definition) is 1. The van der Waals surface area contributed by atoms with Gasteiger partial charge in [-0.05, 0) is 46.9 Å². The van der Waals surface area contributed by atoms with Crippen LogP contribution in [-0.4, -0.2) is 24.7 Å². The van der Waals surface area contributed by atoms with Crippen LogP contribution >= 0.6 is 0 Å². The van der Waals surface area contributed by atoms with Crippen LogP contribution in [0.5, 0.6) is 5.75 Å². The van der Waals surface area contributed by atoms with Gasteiger partial charge in [0.2, 0.25) is 0 Å². The van der Waals surface area contributed by atoms with E-state index in [1.165, 1.54) is 17.4 Å². The summed E-state index contributed by atoms with van der Waals surface area (Å²) in [7, 11) is -3.44. The molecule has 0 spiro atoms. The summed E-state index contributed by atoms with van der Waals surface area (Å²) >= 11 is 0. The van der Waals surface area contributed by atoms with Crippen molar-refractivity contribution >= 4 is 9.84 Å². The number of rotatable bonds is 7. The normalized spacial score (nSPS) is 14.9. The summed E-state index contributed by atoms with van der Waals surface area (Å²) in [6, 6.07) is 21.2. The van der Waals surface area contributed by atoms with E-state index in [1.807, 2.05) is 42.5 Å². The fourth-order valence-electron chi connectivity index (χ4n) is 3.89. The molecule has 162 valence electrons. The van der Waals surface area contributed by atoms with Gasteiger partial charge in [0.25, 0.3) is 0 Å². The van der Waals surface area contributed by atoms with Gasteiger partial charge >= 0.3 is 0 Å². The highest BCUT2D eigenvalue weighted by atomic mass is 32.2. The molecule has 3 aromatic carbocycles. The van der Waals surface area contributed by atoms with E-state index in [9.17, 15) is 13.5 Å². The van der Waals surface area contributed by atoms with Gasteiger partial charge in [0.1, 0.15) is 17.3 Å². The predicted molar refractivity (Wildman–Crippen MR) is 120 cm³/mol. The predicted octanol–water partition coefficient (Wildman–Crippen LogP) is 4.24. The van der Waals surface area contributed by atoms with E-state index in [-0.39, 0.29) is 11.5 Å². The van der Waals surface area contributed by atoms with Crippen LogP contribution in [0.4, 0.5) is 0 Å². The van der Waals surface area contributed by atoms with Crippen molar-refractivity contribution < 1.29 is 18.3 Å². The van der Waals surface area contributed by atoms with E-state index in [0.29, 0.717) is 12.3 Å². The van der Waals surface area contributed by atoms with E-state index < -0.39 is 15.9 Å². The standard InChI is InChI=1S/C25H27NO4S/c1-18(27)21-10-7-19(8-11-21)17-30-24-12-9-20(13-25(24)31(2,28)29)14-26-15-22-5-3-4-6-23(22)16-26/h3-13,18,27H,14-17H2,1-2H3. The van der Waals surface area contributed by atoms with Crippen molar-refractivity contribution in [2.75, 3.05) is 6.26 Å². The lowest BCUT2D eigenvalue weighted by atomic mass is 10.1. The quantitative estimate of drug-likeness (QED) is 0.599. The minimum absolute atomic E-state index is 0.210. The Morgan fingerprint density at radius 3 is 2.16 bits per heavy atom. The molecule has 0 saturated heterocycles. The third-order valence-electron chi connectivity index (χ3n) is 5.58. The van der Waals surface area contributed by atoms with Crippen LogP contribution in [-0.2, 0) is 36.1 Å². The molecule has 1 atom stereocenters. The minimum atomic E-state index is -3.44. The molecule has 0 fully saturated rings. The fraction of sp³-hybridized carbons (Fsp3) is 0.280. The number of ether oxygens (including phenoxy) is 1. The first kappa shape index (κ1) is 21.6. The van der Waals surface area contributed by atoms with Crippen molar-refractivity contribution in [2.24, 2.45) is 0 Å². The zero-order valence-electron chi connectivity index (χ0n) is 17.8. The van der Waals surface area contributed by atoms with Gasteiger partial charge in [0.15, 0.2) is 9.84 Å². The highest BCUT2D eigenvalue weighted by Crippen LogP contribution is 2.29. The molecule has 0 bridgehead atoms. The molecule has 0 aliphatic carbocycles. The van der Waals surface area contributed by atoms with E-state index in [1.54, 1.807) is 19.1 Å². The Morgan fingerprint density at radius 1 is 0.968 bits per heavy atom. The third kappa shape index (κ3) is 5.15. The van der Waals surface area contributed by atoms with Gasteiger partial charge in [-0.25, -0.2) is 8.42 Å². The van der Waals surface area contributed by atoms with Crippen LogP contribution in [0.1, 0.15) is 40.8 Å². The number of aliphatic hydroxyl groups is 1. The molecule has 0 saturated carbocycles. The summed E-state index contributed by atoms with van der Waals surface area (Å²) in [6.45, 7) is 4.38. The Kier molecular flexibility index (Phi) is 6.14. The number of fused-ring (bicyclic) bond motifs is 1. The van der Waals surface area contributed by atoms with Gasteiger partial charge in [-0.3, -0.25) is 4.90 Å². The molecule has 1 N–H and O–H groups in total. The second kappa shape index (κ2) is 8.83. The molecule has 3 aromatic rings. The van der Waals surface area contributed by atoms with Crippen LogP contribution in [0.2, 0.25) is 0 Å². The lowest BCUT2D eigenvalue weighted by molar-refractivity contribution is 0.199. The molecular weight excluding hydrogens is 410 g/mol. The molecule has 4 rings (SSSR count). The van der Waals surface area contributed by atoms with Crippen LogP contribution < -0.4 is 4.74 Å². The molecular formula is C25H27NO4S. The molecule has 0 radical (unpaired) electrons. The van der Waals surface area contributed by atoms with Gasteiger partial charge in [0.05, 0.1) is 6.10 Å². The zero-order chi connectivity index (χ0) is 22.0. The minimum Gasteiger partial charge on any atom is -0.488 e. The number of benzene rings is 3. The summed E-state index contributed by atoms with van der Waals surface area (Å²) < 4.78 is 30.7. The maximum absolute atomic E-state index is 12.4. The fourth-order valence-corrected chi connectivity index (χ4v) is 4.74. The number of hydrogen-bond acceptors (Lipinski definition) is 5. The SMILES string of the molecule is CC(O)c1ccc(COc2ccc(CN3Cc4ccccc4C3)cc2S(C)(=O)=O)cc1. The highest BCUT2D eigenvalue weighted by Gasteiger charge is 2.20. The maximum atomic E-state index is 12.4. The molecule has 5 nitrogen and oxygen atoms in total. The molecule has 1 heterocycles. The topological polar surface area (TPSA) is 66.8 Å².